The van der Waals surface area contributed by atoms with Gasteiger partial charge in [0.05, 0.1) is 4.92 Å². The molecular weight excluding hydrogens is 240 g/mol. The van der Waals surface area contributed by atoms with Gasteiger partial charge in [0.15, 0.2) is 0 Å². The van der Waals surface area contributed by atoms with Crippen molar-refractivity contribution in [3.05, 3.63) is 69.3 Å². The maximum Gasteiger partial charge on any atom is 0.292 e. The lowest BCUT2D eigenvalue weighted by molar-refractivity contribution is -0.384. The van der Waals surface area contributed by atoms with Gasteiger partial charge < -0.3 is 5.32 Å². The second-order valence-electron chi connectivity index (χ2n) is 4.56. The van der Waals surface area contributed by atoms with Crippen LogP contribution in [-0.2, 0) is 6.54 Å². The van der Waals surface area contributed by atoms with Gasteiger partial charge in [-0.2, -0.15) is 0 Å². The molecule has 0 spiro atoms. The first kappa shape index (κ1) is 13.1. The zero-order valence-electron chi connectivity index (χ0n) is 11.0. The number of benzene rings is 2. The minimum atomic E-state index is -0.370. The Morgan fingerprint density at radius 3 is 2.63 bits per heavy atom. The fourth-order valence-corrected chi connectivity index (χ4v) is 1.96. The van der Waals surface area contributed by atoms with Crippen LogP contribution >= 0.6 is 0 Å². The summed E-state index contributed by atoms with van der Waals surface area (Å²) in [6.07, 6.45) is 0. The van der Waals surface area contributed by atoms with E-state index in [4.69, 9.17) is 0 Å². The molecule has 2 aromatic rings. The summed E-state index contributed by atoms with van der Waals surface area (Å²) in [7, 11) is 0. The number of aryl methyl sites for hydroxylation is 2. The predicted octanol–water partition coefficient (Wildman–Crippen LogP) is 3.82. The monoisotopic (exact) mass is 256 g/mol. The molecule has 0 aliphatic rings. The van der Waals surface area contributed by atoms with Gasteiger partial charge in [0.25, 0.3) is 5.69 Å². The number of para-hydroxylation sites is 2. The van der Waals surface area contributed by atoms with E-state index >= 15 is 0 Å². The zero-order chi connectivity index (χ0) is 13.8. The highest BCUT2D eigenvalue weighted by atomic mass is 16.6. The zero-order valence-corrected chi connectivity index (χ0v) is 11.0. The van der Waals surface area contributed by atoms with E-state index < -0.39 is 0 Å². The lowest BCUT2D eigenvalue weighted by atomic mass is 10.1. The summed E-state index contributed by atoms with van der Waals surface area (Å²) in [6.45, 7) is 4.65. The van der Waals surface area contributed by atoms with Crippen molar-refractivity contribution in [2.24, 2.45) is 0 Å². The maximum atomic E-state index is 10.9. The van der Waals surface area contributed by atoms with Crippen LogP contribution in [0.5, 0.6) is 0 Å². The Morgan fingerprint density at radius 1 is 1.16 bits per heavy atom. The lowest BCUT2D eigenvalue weighted by Gasteiger charge is -2.10. The number of rotatable bonds is 4. The smallest absolute Gasteiger partial charge is 0.292 e. The van der Waals surface area contributed by atoms with Gasteiger partial charge in [-0.25, -0.2) is 0 Å². The first-order valence-electron chi connectivity index (χ1n) is 6.11. The van der Waals surface area contributed by atoms with Crippen LogP contribution in [0.1, 0.15) is 16.7 Å². The normalized spacial score (nSPS) is 10.2. The number of nitro groups is 1. The van der Waals surface area contributed by atoms with Crippen molar-refractivity contribution in [1.29, 1.82) is 0 Å². The van der Waals surface area contributed by atoms with E-state index in [2.05, 4.69) is 23.5 Å². The van der Waals surface area contributed by atoms with Gasteiger partial charge >= 0.3 is 0 Å². The molecule has 0 amide bonds. The van der Waals surface area contributed by atoms with E-state index in [0.717, 1.165) is 5.56 Å². The Morgan fingerprint density at radius 2 is 1.89 bits per heavy atom. The third-order valence-corrected chi connectivity index (χ3v) is 3.07. The van der Waals surface area contributed by atoms with Crippen molar-refractivity contribution < 1.29 is 4.92 Å². The van der Waals surface area contributed by atoms with Gasteiger partial charge in [-0.15, -0.1) is 0 Å². The molecule has 4 nitrogen and oxygen atoms in total. The number of hydrogen-bond acceptors (Lipinski definition) is 3. The van der Waals surface area contributed by atoms with E-state index in [9.17, 15) is 10.1 Å². The Labute approximate surface area is 112 Å². The number of nitrogens with zero attached hydrogens (tertiary/aromatic N) is 1. The van der Waals surface area contributed by atoms with E-state index in [0.29, 0.717) is 12.2 Å². The van der Waals surface area contributed by atoms with Crippen molar-refractivity contribution in [1.82, 2.24) is 0 Å². The standard InChI is InChI=1S/C15H16N2O2/c1-11-7-8-12(2)13(9-11)10-16-14-5-3-4-6-15(14)17(18)19/h3-9,16H,10H2,1-2H3. The van der Waals surface area contributed by atoms with E-state index in [1.165, 1.54) is 17.2 Å². The maximum absolute atomic E-state index is 10.9. The van der Waals surface area contributed by atoms with Crippen LogP contribution in [0.4, 0.5) is 11.4 Å². The summed E-state index contributed by atoms with van der Waals surface area (Å²) in [4.78, 5) is 10.6. The molecule has 0 heterocycles. The van der Waals surface area contributed by atoms with Crippen LogP contribution in [0.15, 0.2) is 42.5 Å². The molecule has 0 aliphatic carbocycles. The molecule has 1 N–H and O–H groups in total. The number of hydrogen-bond donors (Lipinski definition) is 1. The summed E-state index contributed by atoms with van der Waals surface area (Å²) >= 11 is 0. The topological polar surface area (TPSA) is 55.2 Å². The molecule has 0 aromatic heterocycles. The Bertz CT molecular complexity index is 609. The predicted molar refractivity (Wildman–Crippen MR) is 76.3 cm³/mol. The fourth-order valence-electron chi connectivity index (χ4n) is 1.96. The second-order valence-corrected chi connectivity index (χ2v) is 4.56. The molecule has 0 atom stereocenters. The van der Waals surface area contributed by atoms with E-state index in [1.54, 1.807) is 18.2 Å². The molecule has 0 radical (unpaired) electrons. The van der Waals surface area contributed by atoms with Gasteiger partial charge in [0.1, 0.15) is 5.69 Å². The van der Waals surface area contributed by atoms with Crippen LogP contribution in [-0.4, -0.2) is 4.92 Å². The number of nitro benzene ring substituents is 1. The minimum Gasteiger partial charge on any atom is -0.375 e. The quantitative estimate of drug-likeness (QED) is 0.668. The molecule has 0 saturated carbocycles. The van der Waals surface area contributed by atoms with E-state index in [-0.39, 0.29) is 10.6 Å². The highest BCUT2D eigenvalue weighted by Gasteiger charge is 2.11. The molecule has 0 fully saturated rings. The van der Waals surface area contributed by atoms with Gasteiger partial charge in [-0.3, -0.25) is 10.1 Å². The molecule has 2 rings (SSSR count). The van der Waals surface area contributed by atoms with Crippen LogP contribution < -0.4 is 5.32 Å². The summed E-state index contributed by atoms with van der Waals surface area (Å²) in [6, 6.07) is 12.9. The molecule has 0 unspecified atom stereocenters. The van der Waals surface area contributed by atoms with Crippen molar-refractivity contribution >= 4 is 11.4 Å². The summed E-state index contributed by atoms with van der Waals surface area (Å²) in [5.41, 5.74) is 4.17. The van der Waals surface area contributed by atoms with Gasteiger partial charge in [0.2, 0.25) is 0 Å². The Balaban J connectivity index is 2.19. The molecular formula is C15H16N2O2. The largest absolute Gasteiger partial charge is 0.375 e. The van der Waals surface area contributed by atoms with Crippen molar-refractivity contribution in [2.45, 2.75) is 20.4 Å². The molecule has 4 heteroatoms. The van der Waals surface area contributed by atoms with E-state index in [1.807, 2.05) is 13.8 Å². The van der Waals surface area contributed by atoms with Crippen molar-refractivity contribution in [3.8, 4) is 0 Å². The fraction of sp³-hybridized carbons (Fsp3) is 0.200. The third kappa shape index (κ3) is 3.10. The Kier molecular flexibility index (Phi) is 3.80. The average molecular weight is 256 g/mol. The van der Waals surface area contributed by atoms with Crippen LogP contribution in [0.25, 0.3) is 0 Å². The molecule has 0 saturated heterocycles. The molecule has 0 bridgehead atoms. The van der Waals surface area contributed by atoms with Crippen molar-refractivity contribution in [2.75, 3.05) is 5.32 Å². The minimum absolute atomic E-state index is 0.104. The van der Waals surface area contributed by atoms with Crippen LogP contribution in [0.2, 0.25) is 0 Å². The molecule has 19 heavy (non-hydrogen) atoms. The second kappa shape index (κ2) is 5.52. The van der Waals surface area contributed by atoms with Gasteiger partial charge in [-0.05, 0) is 31.0 Å². The SMILES string of the molecule is Cc1ccc(C)c(CNc2ccccc2[N+](=O)[O-])c1. The van der Waals surface area contributed by atoms with Crippen LogP contribution in [0.3, 0.4) is 0 Å². The van der Waals surface area contributed by atoms with Gasteiger partial charge in [0, 0.05) is 12.6 Å². The highest BCUT2D eigenvalue weighted by molar-refractivity contribution is 5.61. The molecule has 2 aromatic carbocycles. The summed E-state index contributed by atoms with van der Waals surface area (Å²) in [5.74, 6) is 0. The van der Waals surface area contributed by atoms with Crippen molar-refractivity contribution in [3.63, 3.8) is 0 Å². The number of anilines is 1. The number of nitrogens with one attached hydrogen (secondary N) is 1. The first-order chi connectivity index (χ1) is 9.08. The summed E-state index contributed by atoms with van der Waals surface area (Å²) in [5, 5.41) is 14.1. The van der Waals surface area contributed by atoms with Gasteiger partial charge in [-0.1, -0.05) is 35.9 Å². The van der Waals surface area contributed by atoms with Crippen LogP contribution in [0, 0.1) is 24.0 Å². The lowest BCUT2D eigenvalue weighted by Crippen LogP contribution is -2.04. The first-order valence-corrected chi connectivity index (χ1v) is 6.11. The summed E-state index contributed by atoms with van der Waals surface area (Å²) < 4.78 is 0. The molecule has 0 aliphatic heterocycles. The average Bonchev–Trinajstić information content (AvgIpc) is 2.40. The molecule has 98 valence electrons. The Hall–Kier alpha value is -2.36. The highest BCUT2D eigenvalue weighted by Crippen LogP contribution is 2.24. The third-order valence-electron chi connectivity index (χ3n) is 3.07.